The fourth-order valence-electron chi connectivity index (χ4n) is 2.03. The normalized spacial score (nSPS) is 10.2. The summed E-state index contributed by atoms with van der Waals surface area (Å²) in [6, 6.07) is 12.7. The molecule has 7 heteroatoms. The monoisotopic (exact) mass is 422 g/mol. The molecule has 0 spiro atoms. The quantitative estimate of drug-likeness (QED) is 0.705. The Kier molecular flexibility index (Phi) is 7.33. The van der Waals surface area contributed by atoms with Gasteiger partial charge in [-0.1, -0.05) is 15.9 Å². The number of thioether (sulfide) groups is 1. The van der Waals surface area contributed by atoms with Crippen LogP contribution in [0.2, 0.25) is 0 Å². The first-order valence-corrected chi connectivity index (χ1v) is 9.50. The zero-order chi connectivity index (χ0) is 18.2. The van der Waals surface area contributed by atoms with Crippen LogP contribution in [0, 0.1) is 6.92 Å². The SMILES string of the molecule is COc1ccc(NC(=O)CSCC(=O)Nc2ccc(Br)c(C)c2)cc1. The van der Waals surface area contributed by atoms with Gasteiger partial charge in [-0.3, -0.25) is 9.59 Å². The van der Waals surface area contributed by atoms with Gasteiger partial charge in [-0.2, -0.15) is 0 Å². The van der Waals surface area contributed by atoms with Crippen LogP contribution in [0.15, 0.2) is 46.9 Å². The Morgan fingerprint density at radius 2 is 1.56 bits per heavy atom. The van der Waals surface area contributed by atoms with Gasteiger partial charge in [0.2, 0.25) is 11.8 Å². The number of carbonyl (C=O) groups excluding carboxylic acids is 2. The zero-order valence-corrected chi connectivity index (χ0v) is 16.4. The second-order valence-corrected chi connectivity index (χ2v) is 7.12. The largest absolute Gasteiger partial charge is 0.497 e. The third-order valence-electron chi connectivity index (χ3n) is 3.28. The average molecular weight is 423 g/mol. The molecule has 2 aromatic rings. The van der Waals surface area contributed by atoms with E-state index in [1.807, 2.05) is 25.1 Å². The molecule has 0 radical (unpaired) electrons. The van der Waals surface area contributed by atoms with E-state index in [9.17, 15) is 9.59 Å². The number of ether oxygens (including phenoxy) is 1. The van der Waals surface area contributed by atoms with Gasteiger partial charge in [0.15, 0.2) is 0 Å². The zero-order valence-electron chi connectivity index (χ0n) is 14.0. The number of aryl methyl sites for hydroxylation is 1. The van der Waals surface area contributed by atoms with Crippen molar-refractivity contribution in [2.24, 2.45) is 0 Å². The molecule has 0 saturated carbocycles. The number of rotatable bonds is 7. The summed E-state index contributed by atoms with van der Waals surface area (Å²) < 4.78 is 6.06. The lowest BCUT2D eigenvalue weighted by Crippen LogP contribution is -2.18. The first-order chi connectivity index (χ1) is 12.0. The van der Waals surface area contributed by atoms with Crippen LogP contribution in [0.1, 0.15) is 5.56 Å². The summed E-state index contributed by atoms with van der Waals surface area (Å²) in [7, 11) is 1.59. The lowest BCUT2D eigenvalue weighted by Gasteiger charge is -2.08. The van der Waals surface area contributed by atoms with Gasteiger partial charge in [-0.15, -0.1) is 11.8 Å². The van der Waals surface area contributed by atoms with Crippen molar-refractivity contribution in [3.63, 3.8) is 0 Å². The minimum Gasteiger partial charge on any atom is -0.497 e. The number of hydrogen-bond acceptors (Lipinski definition) is 4. The minimum atomic E-state index is -0.151. The van der Waals surface area contributed by atoms with Crippen molar-refractivity contribution in [1.29, 1.82) is 0 Å². The number of amides is 2. The van der Waals surface area contributed by atoms with Crippen LogP contribution in [-0.2, 0) is 9.59 Å². The van der Waals surface area contributed by atoms with E-state index in [0.717, 1.165) is 21.5 Å². The van der Waals surface area contributed by atoms with Crippen molar-refractivity contribution < 1.29 is 14.3 Å². The summed E-state index contributed by atoms with van der Waals surface area (Å²) in [5.74, 6) is 0.864. The lowest BCUT2D eigenvalue weighted by atomic mass is 10.2. The van der Waals surface area contributed by atoms with Crippen LogP contribution >= 0.6 is 27.7 Å². The molecule has 0 aliphatic heterocycles. The maximum atomic E-state index is 11.9. The Hall–Kier alpha value is -1.99. The fourth-order valence-corrected chi connectivity index (χ4v) is 2.89. The van der Waals surface area contributed by atoms with E-state index >= 15 is 0 Å². The molecule has 0 heterocycles. The van der Waals surface area contributed by atoms with E-state index < -0.39 is 0 Å². The maximum Gasteiger partial charge on any atom is 0.234 e. The highest BCUT2D eigenvalue weighted by molar-refractivity contribution is 9.10. The summed E-state index contributed by atoms with van der Waals surface area (Å²) in [5, 5.41) is 5.60. The molecule has 2 amide bonds. The topological polar surface area (TPSA) is 67.4 Å². The number of methoxy groups -OCH3 is 1. The van der Waals surface area contributed by atoms with Gasteiger partial charge >= 0.3 is 0 Å². The molecule has 0 fully saturated rings. The molecular formula is C18H19BrN2O3S. The van der Waals surface area contributed by atoms with E-state index in [1.54, 1.807) is 31.4 Å². The number of benzene rings is 2. The highest BCUT2D eigenvalue weighted by Crippen LogP contribution is 2.20. The number of carbonyl (C=O) groups is 2. The van der Waals surface area contributed by atoms with Gasteiger partial charge in [0.05, 0.1) is 18.6 Å². The first-order valence-electron chi connectivity index (χ1n) is 7.55. The molecule has 132 valence electrons. The Morgan fingerprint density at radius 1 is 1.00 bits per heavy atom. The molecule has 5 nitrogen and oxygen atoms in total. The van der Waals surface area contributed by atoms with Crippen LogP contribution in [0.3, 0.4) is 0 Å². The summed E-state index contributed by atoms with van der Waals surface area (Å²) in [4.78, 5) is 23.8. The Balaban J connectivity index is 1.72. The predicted molar refractivity (Wildman–Crippen MR) is 106 cm³/mol. The molecule has 0 bridgehead atoms. The maximum absolute atomic E-state index is 11.9. The molecule has 0 unspecified atom stereocenters. The van der Waals surface area contributed by atoms with Crippen LogP contribution in [0.5, 0.6) is 5.75 Å². The van der Waals surface area contributed by atoms with E-state index in [1.165, 1.54) is 11.8 Å². The Labute approximate surface area is 159 Å². The minimum absolute atomic E-state index is 0.135. The highest BCUT2D eigenvalue weighted by atomic mass is 79.9. The summed E-state index contributed by atoms with van der Waals surface area (Å²) in [5.41, 5.74) is 2.49. The Bertz CT molecular complexity index is 750. The number of anilines is 2. The van der Waals surface area contributed by atoms with Gasteiger partial charge in [0, 0.05) is 15.8 Å². The van der Waals surface area contributed by atoms with Crippen molar-refractivity contribution in [3.8, 4) is 5.75 Å². The molecule has 0 aliphatic rings. The smallest absolute Gasteiger partial charge is 0.234 e. The van der Waals surface area contributed by atoms with Crippen molar-refractivity contribution in [2.75, 3.05) is 29.2 Å². The third kappa shape index (κ3) is 6.43. The van der Waals surface area contributed by atoms with E-state index in [4.69, 9.17) is 4.74 Å². The van der Waals surface area contributed by atoms with E-state index in [0.29, 0.717) is 5.69 Å². The standard InChI is InChI=1S/C18H19BrN2O3S/c1-12-9-14(5-8-16(12)19)21-18(23)11-25-10-17(22)20-13-3-6-15(24-2)7-4-13/h3-9H,10-11H2,1-2H3,(H,20,22)(H,21,23). The third-order valence-corrected chi connectivity index (χ3v) is 5.10. The van der Waals surface area contributed by atoms with Crippen molar-refractivity contribution >= 4 is 50.9 Å². The molecule has 0 aromatic heterocycles. The van der Waals surface area contributed by atoms with Gasteiger partial charge in [0.1, 0.15) is 5.75 Å². The second-order valence-electron chi connectivity index (χ2n) is 5.28. The number of halogens is 1. The molecule has 2 rings (SSSR count). The van der Waals surface area contributed by atoms with Gasteiger partial charge in [0.25, 0.3) is 0 Å². The van der Waals surface area contributed by atoms with Gasteiger partial charge in [-0.25, -0.2) is 0 Å². The van der Waals surface area contributed by atoms with Crippen LogP contribution in [0.4, 0.5) is 11.4 Å². The molecule has 2 aromatic carbocycles. The fraction of sp³-hybridized carbons (Fsp3) is 0.222. The van der Waals surface area contributed by atoms with Crippen LogP contribution < -0.4 is 15.4 Å². The van der Waals surface area contributed by atoms with Crippen molar-refractivity contribution in [1.82, 2.24) is 0 Å². The molecule has 25 heavy (non-hydrogen) atoms. The van der Waals surface area contributed by atoms with Gasteiger partial charge < -0.3 is 15.4 Å². The molecule has 0 atom stereocenters. The number of nitrogens with one attached hydrogen (secondary N) is 2. The van der Waals surface area contributed by atoms with E-state index in [2.05, 4.69) is 26.6 Å². The Morgan fingerprint density at radius 3 is 2.12 bits per heavy atom. The molecule has 0 aliphatic carbocycles. The summed E-state index contributed by atoms with van der Waals surface area (Å²) >= 11 is 4.69. The molecule has 2 N–H and O–H groups in total. The molecule has 0 saturated heterocycles. The van der Waals surface area contributed by atoms with Crippen molar-refractivity contribution in [3.05, 3.63) is 52.5 Å². The molecular weight excluding hydrogens is 404 g/mol. The van der Waals surface area contributed by atoms with E-state index in [-0.39, 0.29) is 23.3 Å². The second kappa shape index (κ2) is 9.48. The summed E-state index contributed by atoms with van der Waals surface area (Å²) in [6.07, 6.45) is 0. The summed E-state index contributed by atoms with van der Waals surface area (Å²) in [6.45, 7) is 1.96. The van der Waals surface area contributed by atoms with Crippen LogP contribution in [0.25, 0.3) is 0 Å². The van der Waals surface area contributed by atoms with Gasteiger partial charge in [-0.05, 0) is 55.0 Å². The number of hydrogen-bond donors (Lipinski definition) is 2. The lowest BCUT2D eigenvalue weighted by molar-refractivity contribution is -0.114. The highest BCUT2D eigenvalue weighted by Gasteiger charge is 2.07. The predicted octanol–water partition coefficient (Wildman–Crippen LogP) is 4.08. The van der Waals surface area contributed by atoms with Crippen LogP contribution in [-0.4, -0.2) is 30.4 Å². The van der Waals surface area contributed by atoms with Crippen molar-refractivity contribution in [2.45, 2.75) is 6.92 Å². The first kappa shape index (κ1) is 19.3. The average Bonchev–Trinajstić information content (AvgIpc) is 2.59.